The lowest BCUT2D eigenvalue weighted by atomic mass is 9.98. The number of anilines is 2. The highest BCUT2D eigenvalue weighted by Crippen LogP contribution is 2.44. The Morgan fingerprint density at radius 2 is 0.714 bits per heavy atom. The van der Waals surface area contributed by atoms with Gasteiger partial charge in [-0.05, 0) is 98.8 Å². The van der Waals surface area contributed by atoms with E-state index < -0.39 is 108 Å². The third-order valence-electron chi connectivity index (χ3n) is 13.3. The standard InChI is InChI=1S/2C31H26FN3O7/c2*1-31(32)25(42-28(38)22-15-9-4-10-16-22)23(19-40-27(37)21-13-7-3-8-14-21)41-29(31)35-18-17-24(34-30(35)39)33-26(36)20-11-5-2-6-12-20/h2*2-18,23,25,29H,19H2,1H3,(H,33,34,36,39). The molecule has 2 aliphatic heterocycles. The predicted molar refractivity (Wildman–Crippen MR) is 297 cm³/mol. The van der Waals surface area contributed by atoms with Gasteiger partial charge >= 0.3 is 35.3 Å². The summed E-state index contributed by atoms with van der Waals surface area (Å²) in [5.41, 5.74) is -5.19. The summed E-state index contributed by atoms with van der Waals surface area (Å²) in [4.78, 5) is 110. The van der Waals surface area contributed by atoms with E-state index in [1.807, 2.05) is 0 Å². The number of nitrogens with zero attached hydrogens (tertiary/aromatic N) is 4. The first-order valence-corrected chi connectivity index (χ1v) is 26.0. The van der Waals surface area contributed by atoms with Crippen LogP contribution in [-0.4, -0.2) is 104 Å². The average Bonchev–Trinajstić information content (AvgIpc) is 2.24. The lowest BCUT2D eigenvalue weighted by Crippen LogP contribution is -2.45. The molecule has 8 atom stereocenters. The van der Waals surface area contributed by atoms with Crippen molar-refractivity contribution in [3.05, 3.63) is 261 Å². The van der Waals surface area contributed by atoms with Gasteiger partial charge in [-0.2, -0.15) is 9.97 Å². The molecule has 84 heavy (non-hydrogen) atoms. The number of alkyl halides is 2. The molecule has 2 N–H and O–H groups in total. The van der Waals surface area contributed by atoms with E-state index in [0.29, 0.717) is 11.1 Å². The third-order valence-corrected chi connectivity index (χ3v) is 13.3. The zero-order chi connectivity index (χ0) is 59.4. The molecule has 0 radical (unpaired) electrons. The van der Waals surface area contributed by atoms with Crippen LogP contribution in [0.25, 0.3) is 0 Å². The van der Waals surface area contributed by atoms with Gasteiger partial charge in [-0.25, -0.2) is 37.5 Å². The number of benzene rings is 6. The SMILES string of the molecule is CC1(F)C(OC(=O)c2ccccc2)C(COC(=O)c2ccccc2)OC1n1ccc(NC(=O)c2ccccc2)nc1=O.CC1(F)C(OC(=O)c2ccccc2)C(COC(=O)c2ccccc2)OC1n1ccc(NC(=O)c2ccccc2)nc1=O. The van der Waals surface area contributed by atoms with Gasteiger partial charge in [0, 0.05) is 23.5 Å². The zero-order valence-electron chi connectivity index (χ0n) is 44.8. The molecule has 6 aromatic carbocycles. The Bertz CT molecular complexity index is 3500. The normalized spacial score (nSPS) is 21.3. The molecule has 4 heterocycles. The van der Waals surface area contributed by atoms with E-state index in [2.05, 4.69) is 20.6 Å². The first-order valence-electron chi connectivity index (χ1n) is 26.0. The summed E-state index contributed by atoms with van der Waals surface area (Å²) in [6.07, 6.45) is -6.45. The van der Waals surface area contributed by atoms with Crippen LogP contribution in [0.4, 0.5) is 20.4 Å². The first-order chi connectivity index (χ1) is 40.5. The Balaban J connectivity index is 0.000000202. The lowest BCUT2D eigenvalue weighted by Gasteiger charge is -2.27. The summed E-state index contributed by atoms with van der Waals surface area (Å²) >= 11 is 0. The van der Waals surface area contributed by atoms with Gasteiger partial charge in [-0.3, -0.25) is 18.7 Å². The maximum Gasteiger partial charge on any atom is 0.351 e. The Morgan fingerprint density at radius 1 is 0.440 bits per heavy atom. The smallest absolute Gasteiger partial charge is 0.351 e. The van der Waals surface area contributed by atoms with Gasteiger partial charge in [-0.1, -0.05) is 109 Å². The van der Waals surface area contributed by atoms with E-state index in [-0.39, 0.29) is 33.9 Å². The Kier molecular flexibility index (Phi) is 18.1. The summed E-state index contributed by atoms with van der Waals surface area (Å²) in [6, 6.07) is 51.6. The van der Waals surface area contributed by atoms with Crippen molar-refractivity contribution < 1.29 is 66.0 Å². The molecule has 0 saturated carbocycles. The van der Waals surface area contributed by atoms with Crippen molar-refractivity contribution in [1.82, 2.24) is 19.1 Å². The lowest BCUT2D eigenvalue weighted by molar-refractivity contribution is -0.0648. The fraction of sp³-hybridized carbons (Fsp3) is 0.194. The maximum atomic E-state index is 16.5. The highest BCUT2D eigenvalue weighted by Gasteiger charge is 2.60. The Hall–Kier alpha value is -10.3. The van der Waals surface area contributed by atoms with E-state index >= 15 is 8.78 Å². The van der Waals surface area contributed by atoms with Gasteiger partial charge in [0.1, 0.15) is 37.1 Å². The number of aromatic nitrogens is 4. The van der Waals surface area contributed by atoms with Crippen LogP contribution in [0.15, 0.2) is 216 Å². The van der Waals surface area contributed by atoms with Gasteiger partial charge in [0.25, 0.3) is 11.8 Å². The molecule has 2 amide bonds. The van der Waals surface area contributed by atoms with E-state index in [1.54, 1.807) is 158 Å². The fourth-order valence-electron chi connectivity index (χ4n) is 9.08. The van der Waals surface area contributed by atoms with Crippen LogP contribution in [0.5, 0.6) is 0 Å². The summed E-state index contributed by atoms with van der Waals surface area (Å²) in [5, 5.41) is 5.05. The second-order valence-electron chi connectivity index (χ2n) is 19.3. The number of hydrogen-bond donors (Lipinski definition) is 2. The Morgan fingerprint density at radius 3 is 1.00 bits per heavy atom. The number of hydrogen-bond acceptors (Lipinski definition) is 16. The number of rotatable bonds is 16. The molecule has 22 heteroatoms. The molecule has 8 aromatic rings. The molecule has 428 valence electrons. The van der Waals surface area contributed by atoms with E-state index in [1.165, 1.54) is 48.8 Å². The number of halogens is 2. The zero-order valence-corrected chi connectivity index (χ0v) is 44.8. The van der Waals surface area contributed by atoms with Crippen molar-refractivity contribution in [1.29, 1.82) is 0 Å². The van der Waals surface area contributed by atoms with Crippen molar-refractivity contribution in [3.63, 3.8) is 0 Å². The van der Waals surface area contributed by atoms with Gasteiger partial charge in [-0.15, -0.1) is 0 Å². The van der Waals surface area contributed by atoms with Crippen molar-refractivity contribution in [2.24, 2.45) is 0 Å². The molecule has 2 aliphatic rings. The van der Waals surface area contributed by atoms with Gasteiger partial charge in [0.15, 0.2) is 36.0 Å². The van der Waals surface area contributed by atoms with Crippen LogP contribution in [0.3, 0.4) is 0 Å². The molecular formula is C62H52F2N6O14. The summed E-state index contributed by atoms with van der Waals surface area (Å²) < 4.78 is 68.4. The number of carbonyl (C=O) groups is 6. The van der Waals surface area contributed by atoms with Crippen LogP contribution >= 0.6 is 0 Å². The minimum atomic E-state index is -2.46. The number of amides is 2. The molecule has 10 rings (SSSR count). The monoisotopic (exact) mass is 1140 g/mol. The number of nitrogens with one attached hydrogen (secondary N) is 2. The van der Waals surface area contributed by atoms with Crippen LogP contribution in [0.2, 0.25) is 0 Å². The second-order valence-corrected chi connectivity index (χ2v) is 19.3. The first kappa shape index (κ1) is 58.3. The maximum absolute atomic E-state index is 16.5. The summed E-state index contributed by atoms with van der Waals surface area (Å²) in [5.74, 6) is -4.09. The topological polar surface area (TPSA) is 252 Å². The van der Waals surface area contributed by atoms with Crippen molar-refractivity contribution in [2.45, 2.75) is 62.1 Å². The molecule has 2 saturated heterocycles. The fourth-order valence-corrected chi connectivity index (χ4v) is 9.08. The number of ether oxygens (including phenoxy) is 6. The van der Waals surface area contributed by atoms with E-state index in [0.717, 1.165) is 23.0 Å². The average molecular weight is 1140 g/mol. The molecule has 0 spiro atoms. The molecule has 0 bridgehead atoms. The Labute approximate surface area is 477 Å². The molecule has 2 fully saturated rings. The third kappa shape index (κ3) is 13.7. The summed E-state index contributed by atoms with van der Waals surface area (Å²) in [6.45, 7) is 1.31. The van der Waals surface area contributed by atoms with E-state index in [9.17, 15) is 38.4 Å². The summed E-state index contributed by atoms with van der Waals surface area (Å²) in [7, 11) is 0. The molecule has 20 nitrogen and oxygen atoms in total. The van der Waals surface area contributed by atoms with E-state index in [4.69, 9.17) is 28.4 Å². The number of carbonyl (C=O) groups excluding carboxylic acids is 6. The van der Waals surface area contributed by atoms with Crippen LogP contribution in [-0.2, 0) is 28.4 Å². The molecular weight excluding hydrogens is 1090 g/mol. The largest absolute Gasteiger partial charge is 0.459 e. The second kappa shape index (κ2) is 26.1. The van der Waals surface area contributed by atoms with Gasteiger partial charge < -0.3 is 39.1 Å². The highest BCUT2D eigenvalue weighted by atomic mass is 19.1. The molecule has 8 unspecified atom stereocenters. The van der Waals surface area contributed by atoms with Gasteiger partial charge in [0.05, 0.1) is 22.3 Å². The van der Waals surface area contributed by atoms with Crippen LogP contribution in [0, 0.1) is 0 Å². The minimum absolute atomic E-state index is 0.0518. The van der Waals surface area contributed by atoms with Crippen molar-refractivity contribution >= 4 is 47.3 Å². The van der Waals surface area contributed by atoms with Crippen LogP contribution < -0.4 is 22.0 Å². The molecule has 2 aromatic heterocycles. The van der Waals surface area contributed by atoms with Crippen LogP contribution in [0.1, 0.15) is 88.5 Å². The quantitative estimate of drug-likeness (QED) is 0.0680. The molecule has 0 aliphatic carbocycles. The van der Waals surface area contributed by atoms with Gasteiger partial charge in [0.2, 0.25) is 0 Å². The number of esters is 4. The van der Waals surface area contributed by atoms with Crippen molar-refractivity contribution in [2.75, 3.05) is 23.8 Å². The minimum Gasteiger partial charge on any atom is -0.459 e. The van der Waals surface area contributed by atoms with Crippen molar-refractivity contribution in [3.8, 4) is 0 Å². The predicted octanol–water partition coefficient (Wildman–Crippen LogP) is 8.41. The highest BCUT2D eigenvalue weighted by molar-refractivity contribution is 6.04.